The van der Waals surface area contributed by atoms with Crippen LogP contribution in [0.3, 0.4) is 0 Å². The number of anilines is 1. The van der Waals surface area contributed by atoms with Crippen LogP contribution in [0.4, 0.5) is 10.3 Å². The van der Waals surface area contributed by atoms with E-state index >= 15 is 0 Å². The summed E-state index contributed by atoms with van der Waals surface area (Å²) in [5, 5.41) is 3.08. The molecule has 1 aromatic heterocycles. The molecular formula is C19H23FN4O2. The molecule has 26 heavy (non-hydrogen) atoms. The van der Waals surface area contributed by atoms with E-state index in [0.717, 1.165) is 32.4 Å². The molecule has 0 atom stereocenters. The van der Waals surface area contributed by atoms with E-state index in [1.165, 1.54) is 12.1 Å². The largest absolute Gasteiger partial charge is 0.439 e. The van der Waals surface area contributed by atoms with Crippen LogP contribution in [0.1, 0.15) is 32.6 Å². The van der Waals surface area contributed by atoms with Crippen molar-refractivity contribution in [1.29, 1.82) is 0 Å². The molecule has 1 N–H and O–H groups in total. The molecular weight excluding hydrogens is 335 g/mol. The van der Waals surface area contributed by atoms with Gasteiger partial charge in [-0.25, -0.2) is 9.37 Å². The van der Waals surface area contributed by atoms with Gasteiger partial charge in [0.05, 0.1) is 0 Å². The third kappa shape index (κ3) is 4.91. The van der Waals surface area contributed by atoms with Crippen LogP contribution < -0.4 is 15.0 Å². The predicted octanol–water partition coefficient (Wildman–Crippen LogP) is 3.29. The van der Waals surface area contributed by atoms with E-state index in [1.807, 2.05) is 6.92 Å². The van der Waals surface area contributed by atoms with Gasteiger partial charge in [0.1, 0.15) is 11.6 Å². The number of nitrogens with one attached hydrogen (secondary N) is 1. The van der Waals surface area contributed by atoms with Crippen molar-refractivity contribution in [3.63, 3.8) is 0 Å². The Hall–Kier alpha value is -2.70. The van der Waals surface area contributed by atoms with Gasteiger partial charge in [0, 0.05) is 37.8 Å². The number of rotatable bonds is 6. The summed E-state index contributed by atoms with van der Waals surface area (Å²) in [4.78, 5) is 22.6. The average molecular weight is 358 g/mol. The molecule has 0 spiro atoms. The molecule has 6 nitrogen and oxygen atoms in total. The Morgan fingerprint density at radius 2 is 2.00 bits per heavy atom. The Morgan fingerprint density at radius 1 is 1.27 bits per heavy atom. The van der Waals surface area contributed by atoms with Crippen molar-refractivity contribution in [2.45, 2.75) is 38.6 Å². The molecule has 0 saturated carbocycles. The first-order valence-electron chi connectivity index (χ1n) is 8.95. The van der Waals surface area contributed by atoms with E-state index in [4.69, 9.17) is 4.74 Å². The van der Waals surface area contributed by atoms with Gasteiger partial charge in [0.25, 0.3) is 0 Å². The second-order valence-corrected chi connectivity index (χ2v) is 6.33. The third-order valence-electron chi connectivity index (χ3n) is 4.27. The highest BCUT2D eigenvalue weighted by molar-refractivity contribution is 5.76. The number of carbonyl (C=O) groups excluding carboxylic acids is 1. The Kier molecular flexibility index (Phi) is 5.99. The van der Waals surface area contributed by atoms with Crippen LogP contribution >= 0.6 is 0 Å². The van der Waals surface area contributed by atoms with E-state index in [1.54, 1.807) is 24.4 Å². The topological polar surface area (TPSA) is 67.4 Å². The van der Waals surface area contributed by atoms with Gasteiger partial charge in [-0.3, -0.25) is 4.79 Å². The van der Waals surface area contributed by atoms with Gasteiger partial charge in [-0.15, -0.1) is 0 Å². The molecule has 0 bridgehead atoms. The summed E-state index contributed by atoms with van der Waals surface area (Å²) in [5.41, 5.74) is 0. The highest BCUT2D eigenvalue weighted by Crippen LogP contribution is 2.22. The molecule has 0 radical (unpaired) electrons. The maximum atomic E-state index is 13.0. The van der Waals surface area contributed by atoms with Crippen molar-refractivity contribution in [3.05, 3.63) is 42.3 Å². The molecule has 2 aromatic rings. The van der Waals surface area contributed by atoms with E-state index in [0.29, 0.717) is 24.0 Å². The zero-order chi connectivity index (χ0) is 18.4. The summed E-state index contributed by atoms with van der Waals surface area (Å²) in [6, 6.07) is 7.68. The minimum Gasteiger partial charge on any atom is -0.439 e. The molecule has 2 heterocycles. The Balaban J connectivity index is 1.57. The number of hydrogen-bond acceptors (Lipinski definition) is 5. The first-order chi connectivity index (χ1) is 12.6. The summed E-state index contributed by atoms with van der Waals surface area (Å²) in [7, 11) is 0. The number of carbonyl (C=O) groups is 1. The summed E-state index contributed by atoms with van der Waals surface area (Å²) in [6.07, 6.45) is 4.81. The van der Waals surface area contributed by atoms with Crippen molar-refractivity contribution in [3.8, 4) is 11.6 Å². The number of halogens is 1. The van der Waals surface area contributed by atoms with E-state index in [2.05, 4.69) is 20.2 Å². The highest BCUT2D eigenvalue weighted by atomic mass is 19.1. The summed E-state index contributed by atoms with van der Waals surface area (Å²) in [6.45, 7) is 3.55. The maximum Gasteiger partial charge on any atom is 0.228 e. The fourth-order valence-electron chi connectivity index (χ4n) is 2.92. The molecule has 3 rings (SSSR count). The molecule has 1 aliphatic rings. The van der Waals surface area contributed by atoms with Crippen molar-refractivity contribution in [2.24, 2.45) is 0 Å². The first kappa shape index (κ1) is 18.1. The molecule has 0 aliphatic carbocycles. The van der Waals surface area contributed by atoms with Gasteiger partial charge in [0.2, 0.25) is 17.7 Å². The molecule has 1 aromatic carbocycles. The van der Waals surface area contributed by atoms with Crippen LogP contribution in [0.25, 0.3) is 0 Å². The lowest BCUT2D eigenvalue weighted by Crippen LogP contribution is -2.45. The van der Waals surface area contributed by atoms with Gasteiger partial charge in [0.15, 0.2) is 0 Å². The first-order valence-corrected chi connectivity index (χ1v) is 8.95. The molecule has 1 amide bonds. The lowest BCUT2D eigenvalue weighted by Gasteiger charge is -2.32. The average Bonchev–Trinajstić information content (AvgIpc) is 2.65. The molecule has 1 fully saturated rings. The SMILES string of the molecule is CCCC(=O)NC1CCN(c2nccc(Oc3ccc(F)cc3)n2)CC1. The normalized spacial score (nSPS) is 14.9. The maximum absolute atomic E-state index is 13.0. The van der Waals surface area contributed by atoms with E-state index < -0.39 is 0 Å². The van der Waals surface area contributed by atoms with E-state index in [-0.39, 0.29) is 17.8 Å². The number of piperidine rings is 1. The number of amides is 1. The van der Waals surface area contributed by atoms with Crippen LogP contribution in [-0.4, -0.2) is 35.0 Å². The van der Waals surface area contributed by atoms with Crippen molar-refractivity contribution >= 4 is 11.9 Å². The fourth-order valence-corrected chi connectivity index (χ4v) is 2.92. The van der Waals surface area contributed by atoms with E-state index in [9.17, 15) is 9.18 Å². The number of ether oxygens (including phenoxy) is 1. The van der Waals surface area contributed by atoms with Crippen LogP contribution in [0.2, 0.25) is 0 Å². The lowest BCUT2D eigenvalue weighted by molar-refractivity contribution is -0.121. The zero-order valence-electron chi connectivity index (χ0n) is 14.8. The Morgan fingerprint density at radius 3 is 2.69 bits per heavy atom. The van der Waals surface area contributed by atoms with Crippen molar-refractivity contribution in [2.75, 3.05) is 18.0 Å². The zero-order valence-corrected chi connectivity index (χ0v) is 14.8. The van der Waals surface area contributed by atoms with Crippen LogP contribution in [0, 0.1) is 5.82 Å². The monoisotopic (exact) mass is 358 g/mol. The van der Waals surface area contributed by atoms with Crippen molar-refractivity contribution < 1.29 is 13.9 Å². The molecule has 138 valence electrons. The van der Waals surface area contributed by atoms with Gasteiger partial charge >= 0.3 is 0 Å². The minimum atomic E-state index is -0.311. The van der Waals surface area contributed by atoms with Gasteiger partial charge in [-0.2, -0.15) is 4.98 Å². The number of nitrogens with zero attached hydrogens (tertiary/aromatic N) is 3. The van der Waals surface area contributed by atoms with Gasteiger partial charge in [-0.05, 0) is 43.5 Å². The third-order valence-corrected chi connectivity index (χ3v) is 4.27. The van der Waals surface area contributed by atoms with Gasteiger partial charge in [-0.1, -0.05) is 6.92 Å². The highest BCUT2D eigenvalue weighted by Gasteiger charge is 2.22. The quantitative estimate of drug-likeness (QED) is 0.858. The number of benzene rings is 1. The van der Waals surface area contributed by atoms with Crippen LogP contribution in [0.5, 0.6) is 11.6 Å². The lowest BCUT2D eigenvalue weighted by atomic mass is 10.1. The van der Waals surface area contributed by atoms with Crippen molar-refractivity contribution in [1.82, 2.24) is 15.3 Å². The Labute approximate surface area is 152 Å². The van der Waals surface area contributed by atoms with Crippen LogP contribution in [-0.2, 0) is 4.79 Å². The smallest absolute Gasteiger partial charge is 0.228 e. The molecule has 1 saturated heterocycles. The Bertz CT molecular complexity index is 731. The van der Waals surface area contributed by atoms with Gasteiger partial charge < -0.3 is 15.0 Å². The standard InChI is InChI=1S/C19H23FN4O2/c1-2-3-17(25)22-15-9-12-24(13-10-15)19-21-11-8-18(23-19)26-16-6-4-14(20)5-7-16/h4-8,11,15H,2-3,9-10,12-13H2,1H3,(H,22,25). The second-order valence-electron chi connectivity index (χ2n) is 6.33. The predicted molar refractivity (Wildman–Crippen MR) is 96.8 cm³/mol. The molecule has 0 unspecified atom stereocenters. The summed E-state index contributed by atoms with van der Waals surface area (Å²) < 4.78 is 18.6. The minimum absolute atomic E-state index is 0.122. The molecule has 7 heteroatoms. The summed E-state index contributed by atoms with van der Waals surface area (Å²) in [5.74, 6) is 1.35. The van der Waals surface area contributed by atoms with Crippen LogP contribution in [0.15, 0.2) is 36.5 Å². The summed E-state index contributed by atoms with van der Waals surface area (Å²) >= 11 is 0. The number of hydrogen-bond donors (Lipinski definition) is 1. The molecule has 1 aliphatic heterocycles. The fraction of sp³-hybridized carbons (Fsp3) is 0.421. The number of aromatic nitrogens is 2. The second kappa shape index (κ2) is 8.60.